The first kappa shape index (κ1) is 19.1. The number of rotatable bonds is 3. The molecule has 2 unspecified atom stereocenters. The third-order valence-corrected chi connectivity index (χ3v) is 6.03. The molecule has 1 heterocycles. The number of nitro groups is 1. The van der Waals surface area contributed by atoms with Crippen LogP contribution in [0.3, 0.4) is 0 Å². The molecule has 7 nitrogen and oxygen atoms in total. The Hall–Kier alpha value is -0.930. The molecule has 1 aromatic rings. The number of sulfonamides is 1. The van der Waals surface area contributed by atoms with Crippen LogP contribution in [0.4, 0.5) is 5.69 Å². The van der Waals surface area contributed by atoms with Gasteiger partial charge in [-0.25, -0.2) is 8.42 Å². The highest BCUT2D eigenvalue weighted by atomic mass is 35.5. The lowest BCUT2D eigenvalue weighted by atomic mass is 9.96. The molecule has 1 aromatic carbocycles. The molecule has 1 fully saturated rings. The van der Waals surface area contributed by atoms with Crippen molar-refractivity contribution in [1.82, 2.24) is 4.31 Å². The largest absolute Gasteiger partial charge is 0.327 e. The van der Waals surface area contributed by atoms with Crippen molar-refractivity contribution in [1.29, 1.82) is 0 Å². The van der Waals surface area contributed by atoms with Crippen LogP contribution in [-0.4, -0.2) is 36.8 Å². The maximum atomic E-state index is 12.6. The lowest BCUT2D eigenvalue weighted by molar-refractivity contribution is -0.384. The number of halogens is 2. The molecule has 124 valence electrons. The van der Waals surface area contributed by atoms with Crippen molar-refractivity contribution < 1.29 is 13.3 Å². The van der Waals surface area contributed by atoms with Gasteiger partial charge in [0, 0.05) is 31.3 Å². The molecule has 0 spiro atoms. The predicted octanol–water partition coefficient (Wildman–Crippen LogP) is 2.03. The lowest BCUT2D eigenvalue weighted by Crippen LogP contribution is -2.48. The molecule has 0 bridgehead atoms. The predicted molar refractivity (Wildman–Crippen MR) is 85.9 cm³/mol. The van der Waals surface area contributed by atoms with Gasteiger partial charge in [0.2, 0.25) is 10.0 Å². The Morgan fingerprint density at radius 3 is 2.59 bits per heavy atom. The Morgan fingerprint density at radius 1 is 1.45 bits per heavy atom. The van der Waals surface area contributed by atoms with Crippen LogP contribution >= 0.6 is 24.0 Å². The SMILES string of the molecule is CC1CN(S(=O)(=O)c2ccc([N+](=O)[O-])cc2Cl)CCC1N.Cl. The third-order valence-electron chi connectivity index (χ3n) is 3.68. The number of hydrogen-bond acceptors (Lipinski definition) is 5. The van der Waals surface area contributed by atoms with Gasteiger partial charge < -0.3 is 5.73 Å². The number of benzene rings is 1. The number of non-ortho nitro benzene ring substituents is 1. The normalized spacial score (nSPS) is 22.9. The van der Waals surface area contributed by atoms with E-state index in [1.165, 1.54) is 10.4 Å². The van der Waals surface area contributed by atoms with Gasteiger partial charge in [0.1, 0.15) is 4.90 Å². The minimum Gasteiger partial charge on any atom is -0.327 e. The summed E-state index contributed by atoms with van der Waals surface area (Å²) in [7, 11) is -3.77. The number of nitrogens with zero attached hydrogens (tertiary/aromatic N) is 2. The van der Waals surface area contributed by atoms with Gasteiger partial charge >= 0.3 is 0 Å². The molecule has 10 heteroatoms. The minimum atomic E-state index is -3.77. The zero-order valence-corrected chi connectivity index (χ0v) is 14.2. The molecule has 0 aliphatic carbocycles. The van der Waals surface area contributed by atoms with Gasteiger partial charge in [0.25, 0.3) is 5.69 Å². The molecule has 1 saturated heterocycles. The van der Waals surface area contributed by atoms with Crippen molar-refractivity contribution in [3.05, 3.63) is 33.3 Å². The second kappa shape index (κ2) is 7.10. The molecular formula is C12H17Cl2N3O4S. The molecule has 0 aromatic heterocycles. The summed E-state index contributed by atoms with van der Waals surface area (Å²) in [4.78, 5) is 9.93. The van der Waals surface area contributed by atoms with Crippen LogP contribution in [0.2, 0.25) is 5.02 Å². The first-order valence-electron chi connectivity index (χ1n) is 6.43. The molecule has 0 amide bonds. The summed E-state index contributed by atoms with van der Waals surface area (Å²) in [6.45, 7) is 2.53. The van der Waals surface area contributed by atoms with Crippen molar-refractivity contribution in [3.63, 3.8) is 0 Å². The topological polar surface area (TPSA) is 107 Å². The number of piperidine rings is 1. The maximum absolute atomic E-state index is 12.6. The van der Waals surface area contributed by atoms with Gasteiger partial charge in [-0.3, -0.25) is 10.1 Å². The van der Waals surface area contributed by atoms with E-state index in [9.17, 15) is 18.5 Å². The number of hydrogen-bond donors (Lipinski definition) is 1. The zero-order chi connectivity index (χ0) is 15.8. The molecule has 2 N–H and O–H groups in total. The summed E-state index contributed by atoms with van der Waals surface area (Å²) in [6, 6.07) is 3.34. The van der Waals surface area contributed by atoms with E-state index in [2.05, 4.69) is 0 Å². The highest BCUT2D eigenvalue weighted by Crippen LogP contribution is 2.30. The third kappa shape index (κ3) is 3.69. The van der Waals surface area contributed by atoms with Crippen LogP contribution in [0.5, 0.6) is 0 Å². The van der Waals surface area contributed by atoms with Crippen LogP contribution in [0.25, 0.3) is 0 Å². The van der Waals surface area contributed by atoms with Gasteiger partial charge in [-0.15, -0.1) is 12.4 Å². The van der Waals surface area contributed by atoms with Crippen molar-refractivity contribution in [2.75, 3.05) is 13.1 Å². The molecule has 1 aliphatic rings. The van der Waals surface area contributed by atoms with E-state index < -0.39 is 14.9 Å². The molecule has 2 rings (SSSR count). The average molecular weight is 370 g/mol. The second-order valence-electron chi connectivity index (χ2n) is 5.16. The van der Waals surface area contributed by atoms with E-state index in [0.717, 1.165) is 12.1 Å². The lowest BCUT2D eigenvalue weighted by Gasteiger charge is -2.34. The van der Waals surface area contributed by atoms with Crippen molar-refractivity contribution in [2.45, 2.75) is 24.3 Å². The Balaban J connectivity index is 0.00000242. The van der Waals surface area contributed by atoms with Crippen molar-refractivity contribution >= 4 is 39.7 Å². The van der Waals surface area contributed by atoms with E-state index in [1.54, 1.807) is 0 Å². The monoisotopic (exact) mass is 369 g/mol. The maximum Gasteiger partial charge on any atom is 0.271 e. The quantitative estimate of drug-likeness (QED) is 0.647. The van der Waals surface area contributed by atoms with Crippen LogP contribution < -0.4 is 5.73 Å². The average Bonchev–Trinajstić information content (AvgIpc) is 2.41. The van der Waals surface area contributed by atoms with E-state index in [0.29, 0.717) is 19.5 Å². The first-order chi connectivity index (χ1) is 9.73. The van der Waals surface area contributed by atoms with Crippen LogP contribution in [0, 0.1) is 16.0 Å². The summed E-state index contributed by atoms with van der Waals surface area (Å²) in [5.41, 5.74) is 5.64. The highest BCUT2D eigenvalue weighted by molar-refractivity contribution is 7.89. The van der Waals surface area contributed by atoms with Crippen LogP contribution in [0.1, 0.15) is 13.3 Å². The second-order valence-corrected chi connectivity index (χ2v) is 7.48. The molecule has 22 heavy (non-hydrogen) atoms. The Kier molecular flexibility index (Phi) is 6.17. The van der Waals surface area contributed by atoms with E-state index >= 15 is 0 Å². The van der Waals surface area contributed by atoms with Gasteiger partial charge in [-0.2, -0.15) is 4.31 Å². The standard InChI is InChI=1S/C12H16ClN3O4S.ClH/c1-8-7-15(5-4-11(8)14)21(19,20)12-3-2-9(16(17)18)6-10(12)13;/h2-3,6,8,11H,4-5,7,14H2,1H3;1H. The Bertz CT molecular complexity index is 668. The van der Waals surface area contributed by atoms with Crippen LogP contribution in [-0.2, 0) is 10.0 Å². The zero-order valence-electron chi connectivity index (χ0n) is 11.8. The van der Waals surface area contributed by atoms with Gasteiger partial charge in [0.05, 0.1) is 9.95 Å². The highest BCUT2D eigenvalue weighted by Gasteiger charge is 2.33. The molecule has 0 radical (unpaired) electrons. The smallest absolute Gasteiger partial charge is 0.271 e. The molecular weight excluding hydrogens is 353 g/mol. The molecule has 1 aliphatic heterocycles. The van der Waals surface area contributed by atoms with E-state index in [1.807, 2.05) is 6.92 Å². The summed E-state index contributed by atoms with van der Waals surface area (Å²) in [5, 5.41) is 10.5. The van der Waals surface area contributed by atoms with E-state index in [-0.39, 0.29) is 40.0 Å². The van der Waals surface area contributed by atoms with Gasteiger partial charge in [-0.05, 0) is 18.4 Å². The van der Waals surface area contributed by atoms with Crippen LogP contribution in [0.15, 0.2) is 23.1 Å². The van der Waals surface area contributed by atoms with E-state index in [4.69, 9.17) is 17.3 Å². The Morgan fingerprint density at radius 2 is 2.09 bits per heavy atom. The molecule has 2 atom stereocenters. The first-order valence-corrected chi connectivity index (χ1v) is 8.25. The molecule has 0 saturated carbocycles. The summed E-state index contributed by atoms with van der Waals surface area (Å²) in [5.74, 6) is 0.0466. The summed E-state index contributed by atoms with van der Waals surface area (Å²) in [6.07, 6.45) is 0.574. The van der Waals surface area contributed by atoms with Gasteiger partial charge in [0.15, 0.2) is 0 Å². The van der Waals surface area contributed by atoms with Crippen molar-refractivity contribution in [3.8, 4) is 0 Å². The number of nitro benzene ring substituents is 1. The van der Waals surface area contributed by atoms with Crippen molar-refractivity contribution in [2.24, 2.45) is 11.7 Å². The fourth-order valence-corrected chi connectivity index (χ4v) is 4.36. The van der Waals surface area contributed by atoms with Gasteiger partial charge in [-0.1, -0.05) is 18.5 Å². The summed E-state index contributed by atoms with van der Waals surface area (Å²) < 4.78 is 26.5. The minimum absolute atomic E-state index is 0. The Labute approximate surface area is 140 Å². The number of nitrogens with two attached hydrogens (primary N) is 1. The summed E-state index contributed by atoms with van der Waals surface area (Å²) >= 11 is 5.91. The fourth-order valence-electron chi connectivity index (χ4n) is 2.30. The fraction of sp³-hybridized carbons (Fsp3) is 0.500.